The van der Waals surface area contributed by atoms with Gasteiger partial charge in [0.25, 0.3) is 5.88 Å². The molecule has 0 fully saturated rings. The Hall–Kier alpha value is -3.17. The van der Waals surface area contributed by atoms with Crippen molar-refractivity contribution < 1.29 is 22.6 Å². The number of rotatable bonds is 9. The lowest BCUT2D eigenvalue weighted by Gasteiger charge is -2.19. The molecule has 2 N–H and O–H groups in total. The molecule has 0 saturated carbocycles. The van der Waals surface area contributed by atoms with Gasteiger partial charge in [0, 0.05) is 12.6 Å². The first-order valence-corrected chi connectivity index (χ1v) is 12.1. The molecule has 3 rings (SSSR count). The van der Waals surface area contributed by atoms with Crippen molar-refractivity contribution in [3.8, 4) is 23.1 Å². The van der Waals surface area contributed by atoms with Crippen LogP contribution in [0.25, 0.3) is 0 Å². The van der Waals surface area contributed by atoms with Gasteiger partial charge >= 0.3 is 0 Å². The first-order chi connectivity index (χ1) is 15.6. The van der Waals surface area contributed by atoms with Crippen LogP contribution < -0.4 is 19.9 Å². The Morgan fingerprint density at radius 1 is 1.00 bits per heavy atom. The summed E-state index contributed by atoms with van der Waals surface area (Å²) < 4.78 is 43.2. The number of nitrogens with zero attached hydrogens (tertiary/aromatic N) is 2. The maximum atomic E-state index is 13.2. The van der Waals surface area contributed by atoms with Crippen LogP contribution in [-0.4, -0.2) is 38.6 Å². The fourth-order valence-corrected chi connectivity index (χ4v) is 4.35. The van der Waals surface area contributed by atoms with Crippen molar-refractivity contribution in [1.82, 2.24) is 9.97 Å². The summed E-state index contributed by atoms with van der Waals surface area (Å²) >= 11 is 0. The average molecular weight is 472 g/mol. The van der Waals surface area contributed by atoms with Crippen LogP contribution in [0.15, 0.2) is 59.8 Å². The van der Waals surface area contributed by atoms with Crippen LogP contribution in [0.1, 0.15) is 32.0 Å². The van der Waals surface area contributed by atoms with Crippen LogP contribution >= 0.6 is 0 Å². The summed E-state index contributed by atoms with van der Waals surface area (Å²) in [4.78, 5) is 8.51. The van der Waals surface area contributed by atoms with Crippen LogP contribution in [0.2, 0.25) is 0 Å². The topological polar surface area (TPSA) is 114 Å². The van der Waals surface area contributed by atoms with Gasteiger partial charge in [-0.05, 0) is 35.2 Å². The molecule has 9 heteroatoms. The van der Waals surface area contributed by atoms with Crippen molar-refractivity contribution in [2.24, 2.45) is 5.73 Å². The first kappa shape index (κ1) is 24.5. The maximum absolute atomic E-state index is 13.2. The smallest absolute Gasteiger partial charge is 0.261 e. The molecule has 0 spiro atoms. The Morgan fingerprint density at radius 2 is 1.70 bits per heavy atom. The maximum Gasteiger partial charge on any atom is 0.261 e. The summed E-state index contributed by atoms with van der Waals surface area (Å²) in [5.41, 5.74) is 6.70. The lowest BCUT2D eigenvalue weighted by Crippen LogP contribution is -2.14. The molecule has 2 aromatic carbocycles. The van der Waals surface area contributed by atoms with E-state index >= 15 is 0 Å². The fourth-order valence-electron chi connectivity index (χ4n) is 3.06. The molecule has 176 valence electrons. The highest BCUT2D eigenvalue weighted by molar-refractivity contribution is 7.90. The number of benzene rings is 2. The highest BCUT2D eigenvalue weighted by atomic mass is 32.2. The van der Waals surface area contributed by atoms with Gasteiger partial charge in [-0.25, -0.2) is 13.4 Å². The van der Waals surface area contributed by atoms with Crippen molar-refractivity contribution in [3.63, 3.8) is 0 Å². The highest BCUT2D eigenvalue weighted by Gasteiger charge is 2.24. The zero-order valence-corrected chi connectivity index (χ0v) is 20.1. The van der Waals surface area contributed by atoms with Crippen LogP contribution in [0.5, 0.6) is 23.1 Å². The molecule has 0 aliphatic rings. The van der Waals surface area contributed by atoms with Gasteiger partial charge < -0.3 is 19.9 Å². The molecule has 0 saturated heterocycles. The molecule has 0 radical (unpaired) electrons. The van der Waals surface area contributed by atoms with E-state index in [-0.39, 0.29) is 46.5 Å². The van der Waals surface area contributed by atoms with Crippen LogP contribution in [0.4, 0.5) is 0 Å². The lowest BCUT2D eigenvalue weighted by atomic mass is 9.87. The van der Waals surface area contributed by atoms with Gasteiger partial charge in [-0.1, -0.05) is 39.0 Å². The molecule has 1 aromatic heterocycles. The summed E-state index contributed by atoms with van der Waals surface area (Å²) in [5, 5.41) is 0. The molecular formula is C24H29N3O5S. The SMILES string of the molecule is COc1cccc(Oc2c(CS(=O)(=O)c3ccc(C(C)(C)C)cc3)ncnc2OCCN)c1. The molecule has 0 unspecified atom stereocenters. The Kier molecular flexibility index (Phi) is 7.55. The van der Waals surface area contributed by atoms with Gasteiger partial charge in [-0.2, -0.15) is 4.98 Å². The van der Waals surface area contributed by atoms with Gasteiger partial charge in [0.05, 0.1) is 12.0 Å². The van der Waals surface area contributed by atoms with Gasteiger partial charge in [0.15, 0.2) is 9.84 Å². The van der Waals surface area contributed by atoms with E-state index < -0.39 is 9.84 Å². The standard InChI is InChI=1S/C24H29N3O5S/c1-24(2,3)17-8-10-20(11-9-17)33(28,29)15-21-22(23(27-16-26-21)31-13-12-25)32-19-7-5-6-18(14-19)30-4/h5-11,14,16H,12-13,15,25H2,1-4H3. The Balaban J connectivity index is 1.97. The molecule has 0 aliphatic heterocycles. The van der Waals surface area contributed by atoms with E-state index in [1.54, 1.807) is 43.5 Å². The zero-order chi connectivity index (χ0) is 24.1. The number of hydrogen-bond acceptors (Lipinski definition) is 8. The summed E-state index contributed by atoms with van der Waals surface area (Å²) in [6.07, 6.45) is 1.25. The number of sulfone groups is 1. The number of hydrogen-bond donors (Lipinski definition) is 1. The number of nitrogens with two attached hydrogens (primary N) is 1. The molecule has 0 bridgehead atoms. The summed E-state index contributed by atoms with van der Waals surface area (Å²) in [5.74, 6) is 0.861. The Morgan fingerprint density at radius 3 is 2.33 bits per heavy atom. The second-order valence-corrected chi connectivity index (χ2v) is 10.4. The quantitative estimate of drug-likeness (QED) is 0.500. The van der Waals surface area contributed by atoms with E-state index in [9.17, 15) is 8.42 Å². The molecule has 1 heterocycles. The molecule has 0 amide bonds. The summed E-state index contributed by atoms with van der Waals surface area (Å²) in [6.45, 7) is 6.66. The molecular weight excluding hydrogens is 442 g/mol. The predicted octanol–water partition coefficient (Wildman–Crippen LogP) is 3.89. The summed E-state index contributed by atoms with van der Waals surface area (Å²) in [7, 11) is -2.17. The van der Waals surface area contributed by atoms with Gasteiger partial charge in [0.2, 0.25) is 5.75 Å². The van der Waals surface area contributed by atoms with Gasteiger partial charge in [0.1, 0.15) is 35.9 Å². The molecule has 0 atom stereocenters. The number of aromatic nitrogens is 2. The van der Waals surface area contributed by atoms with Crippen molar-refractivity contribution >= 4 is 9.84 Å². The Bertz CT molecular complexity index is 1190. The zero-order valence-electron chi connectivity index (χ0n) is 19.2. The second-order valence-electron chi connectivity index (χ2n) is 8.41. The highest BCUT2D eigenvalue weighted by Crippen LogP contribution is 2.35. The molecule has 8 nitrogen and oxygen atoms in total. The minimum atomic E-state index is -3.72. The minimum absolute atomic E-state index is 0.0814. The third kappa shape index (κ3) is 6.21. The summed E-state index contributed by atoms with van der Waals surface area (Å²) in [6, 6.07) is 13.8. The fraction of sp³-hybridized carbons (Fsp3) is 0.333. The van der Waals surface area contributed by atoms with Crippen molar-refractivity contribution in [1.29, 1.82) is 0 Å². The molecule has 0 aliphatic carbocycles. The van der Waals surface area contributed by atoms with Crippen molar-refractivity contribution in [2.45, 2.75) is 36.8 Å². The van der Waals surface area contributed by atoms with Gasteiger partial charge in [-0.15, -0.1) is 0 Å². The predicted molar refractivity (Wildman–Crippen MR) is 126 cm³/mol. The van der Waals surface area contributed by atoms with E-state index in [1.807, 2.05) is 12.1 Å². The van der Waals surface area contributed by atoms with Crippen molar-refractivity contribution in [2.75, 3.05) is 20.3 Å². The van der Waals surface area contributed by atoms with E-state index in [1.165, 1.54) is 6.33 Å². The lowest BCUT2D eigenvalue weighted by molar-refractivity contribution is 0.296. The van der Waals surface area contributed by atoms with E-state index in [2.05, 4.69) is 30.7 Å². The normalized spacial score (nSPS) is 11.8. The monoisotopic (exact) mass is 471 g/mol. The average Bonchev–Trinajstić information content (AvgIpc) is 2.78. The van der Waals surface area contributed by atoms with E-state index in [0.29, 0.717) is 11.5 Å². The first-order valence-electron chi connectivity index (χ1n) is 10.5. The molecule has 33 heavy (non-hydrogen) atoms. The van der Waals surface area contributed by atoms with Crippen molar-refractivity contribution in [3.05, 3.63) is 66.1 Å². The van der Waals surface area contributed by atoms with E-state index in [0.717, 1.165) is 5.56 Å². The van der Waals surface area contributed by atoms with Crippen LogP contribution in [0.3, 0.4) is 0 Å². The van der Waals surface area contributed by atoms with Gasteiger partial charge in [-0.3, -0.25) is 0 Å². The van der Waals surface area contributed by atoms with E-state index in [4.69, 9.17) is 19.9 Å². The second kappa shape index (κ2) is 10.2. The van der Waals surface area contributed by atoms with Crippen LogP contribution in [0, 0.1) is 0 Å². The molecule has 3 aromatic rings. The third-order valence-electron chi connectivity index (χ3n) is 4.87. The Labute approximate surface area is 194 Å². The third-order valence-corrected chi connectivity index (χ3v) is 6.51. The number of methoxy groups -OCH3 is 1. The largest absolute Gasteiger partial charge is 0.497 e. The number of ether oxygens (including phenoxy) is 3. The minimum Gasteiger partial charge on any atom is -0.497 e. The van der Waals surface area contributed by atoms with Crippen LogP contribution in [-0.2, 0) is 21.0 Å².